The van der Waals surface area contributed by atoms with E-state index >= 15 is 0 Å². The Balaban J connectivity index is 2.55. The van der Waals surface area contributed by atoms with Crippen LogP contribution in [0.2, 0.25) is 5.02 Å². The van der Waals surface area contributed by atoms with Crippen molar-refractivity contribution in [3.63, 3.8) is 0 Å². The Morgan fingerprint density at radius 2 is 2.36 bits per heavy atom. The monoisotopic (exact) mass is 209 g/mol. The summed E-state index contributed by atoms with van der Waals surface area (Å²) in [4.78, 5) is 10.9. The number of halogens is 1. The van der Waals surface area contributed by atoms with E-state index in [0.29, 0.717) is 5.02 Å². The van der Waals surface area contributed by atoms with Crippen molar-refractivity contribution in [3.05, 3.63) is 23.2 Å². The Bertz CT molecular complexity index is 492. The van der Waals surface area contributed by atoms with Gasteiger partial charge in [-0.3, -0.25) is 4.79 Å². The van der Waals surface area contributed by atoms with Crippen LogP contribution in [0, 0.1) is 0 Å². The first kappa shape index (κ1) is 9.15. The van der Waals surface area contributed by atoms with Crippen LogP contribution in [0.15, 0.2) is 18.2 Å². The number of hydrogen-bond acceptors (Lipinski definition) is 3. The molecule has 0 unspecified atom stereocenters. The topological polar surface area (TPSA) is 47.8 Å². The standard InChI is InChI=1S/C9H8ClN3O/c1-6(14)5-13-9-4-7(10)2-3-8(9)11-12-13/h2-4H,5H2,1H3. The maximum atomic E-state index is 10.9. The van der Waals surface area contributed by atoms with Crippen molar-refractivity contribution in [3.8, 4) is 0 Å². The summed E-state index contributed by atoms with van der Waals surface area (Å²) in [6.45, 7) is 1.74. The normalized spacial score (nSPS) is 10.7. The zero-order valence-electron chi connectivity index (χ0n) is 7.57. The van der Waals surface area contributed by atoms with Crippen molar-refractivity contribution in [2.45, 2.75) is 13.5 Å². The van der Waals surface area contributed by atoms with Gasteiger partial charge in [0.05, 0.1) is 5.52 Å². The molecule has 0 aliphatic carbocycles. The number of carbonyl (C=O) groups is 1. The molecule has 5 heteroatoms. The fourth-order valence-corrected chi connectivity index (χ4v) is 1.43. The molecule has 0 amide bonds. The molecule has 2 rings (SSSR count). The highest BCUT2D eigenvalue weighted by Gasteiger charge is 2.05. The van der Waals surface area contributed by atoms with Crippen LogP contribution in [0.1, 0.15) is 6.92 Å². The number of ketones is 1. The molecule has 0 N–H and O–H groups in total. The minimum absolute atomic E-state index is 0.0387. The number of Topliss-reactive ketones (excluding diaryl/α,β-unsaturated/α-hetero) is 1. The van der Waals surface area contributed by atoms with E-state index < -0.39 is 0 Å². The minimum atomic E-state index is 0.0387. The lowest BCUT2D eigenvalue weighted by Crippen LogP contribution is -2.07. The van der Waals surface area contributed by atoms with Crippen LogP contribution in [0.4, 0.5) is 0 Å². The van der Waals surface area contributed by atoms with Crippen LogP contribution in [-0.2, 0) is 11.3 Å². The van der Waals surface area contributed by atoms with Gasteiger partial charge in [0.1, 0.15) is 12.1 Å². The molecule has 72 valence electrons. The van der Waals surface area contributed by atoms with Crippen LogP contribution < -0.4 is 0 Å². The molecule has 1 heterocycles. The van der Waals surface area contributed by atoms with Crippen molar-refractivity contribution < 1.29 is 4.79 Å². The van der Waals surface area contributed by atoms with E-state index in [1.54, 1.807) is 22.9 Å². The lowest BCUT2D eigenvalue weighted by atomic mass is 10.3. The summed E-state index contributed by atoms with van der Waals surface area (Å²) in [6, 6.07) is 5.28. The Morgan fingerprint density at radius 3 is 3.07 bits per heavy atom. The van der Waals surface area contributed by atoms with E-state index in [1.165, 1.54) is 6.92 Å². The maximum Gasteiger partial charge on any atom is 0.151 e. The molecule has 0 aliphatic heterocycles. The molecule has 0 aliphatic rings. The quantitative estimate of drug-likeness (QED) is 0.756. The zero-order chi connectivity index (χ0) is 10.1. The Kier molecular flexibility index (Phi) is 2.21. The molecule has 0 fully saturated rings. The largest absolute Gasteiger partial charge is 0.298 e. The predicted molar refractivity (Wildman–Crippen MR) is 53.2 cm³/mol. The van der Waals surface area contributed by atoms with E-state index in [-0.39, 0.29) is 12.3 Å². The van der Waals surface area contributed by atoms with Gasteiger partial charge in [0.15, 0.2) is 5.78 Å². The fraction of sp³-hybridized carbons (Fsp3) is 0.222. The highest BCUT2D eigenvalue weighted by molar-refractivity contribution is 6.31. The minimum Gasteiger partial charge on any atom is -0.298 e. The van der Waals surface area contributed by atoms with Gasteiger partial charge in [-0.2, -0.15) is 0 Å². The highest BCUT2D eigenvalue weighted by atomic mass is 35.5. The van der Waals surface area contributed by atoms with Crippen LogP contribution in [0.25, 0.3) is 11.0 Å². The first-order chi connectivity index (χ1) is 6.66. The lowest BCUT2D eigenvalue weighted by molar-refractivity contribution is -0.117. The maximum absolute atomic E-state index is 10.9. The molecule has 0 saturated heterocycles. The number of rotatable bonds is 2. The Labute approximate surface area is 85.5 Å². The molecular formula is C9H8ClN3O. The van der Waals surface area contributed by atoms with Gasteiger partial charge in [0.2, 0.25) is 0 Å². The summed E-state index contributed by atoms with van der Waals surface area (Å²) in [5.74, 6) is 0.0387. The van der Waals surface area contributed by atoms with Crippen molar-refractivity contribution in [2.75, 3.05) is 0 Å². The third kappa shape index (κ3) is 1.61. The van der Waals surface area contributed by atoms with Gasteiger partial charge in [-0.1, -0.05) is 16.8 Å². The summed E-state index contributed by atoms with van der Waals surface area (Å²) >= 11 is 5.83. The van der Waals surface area contributed by atoms with Gasteiger partial charge >= 0.3 is 0 Å². The molecule has 0 radical (unpaired) electrons. The van der Waals surface area contributed by atoms with Gasteiger partial charge in [0.25, 0.3) is 0 Å². The first-order valence-electron chi connectivity index (χ1n) is 4.15. The summed E-state index contributed by atoms with van der Waals surface area (Å²) in [6.07, 6.45) is 0. The van der Waals surface area contributed by atoms with E-state index in [9.17, 15) is 4.79 Å². The second kappa shape index (κ2) is 3.38. The highest BCUT2D eigenvalue weighted by Crippen LogP contribution is 2.16. The lowest BCUT2D eigenvalue weighted by Gasteiger charge is -1.97. The molecule has 0 saturated carbocycles. The molecule has 2 aromatic rings. The number of aromatic nitrogens is 3. The molecule has 0 bridgehead atoms. The van der Waals surface area contributed by atoms with Gasteiger partial charge < -0.3 is 0 Å². The number of benzene rings is 1. The predicted octanol–water partition coefficient (Wildman–Crippen LogP) is 1.67. The van der Waals surface area contributed by atoms with Gasteiger partial charge in [-0.05, 0) is 25.1 Å². The fourth-order valence-electron chi connectivity index (χ4n) is 1.27. The van der Waals surface area contributed by atoms with Crippen molar-refractivity contribution in [1.82, 2.24) is 15.0 Å². The SMILES string of the molecule is CC(=O)Cn1nnc2ccc(Cl)cc21. The van der Waals surface area contributed by atoms with Crippen LogP contribution in [-0.4, -0.2) is 20.8 Å². The molecular weight excluding hydrogens is 202 g/mol. The average Bonchev–Trinajstić information content (AvgIpc) is 2.47. The number of nitrogens with zero attached hydrogens (tertiary/aromatic N) is 3. The molecule has 4 nitrogen and oxygen atoms in total. The molecule has 1 aromatic heterocycles. The Morgan fingerprint density at radius 1 is 1.57 bits per heavy atom. The number of carbonyl (C=O) groups excluding carboxylic acids is 1. The van der Waals surface area contributed by atoms with Gasteiger partial charge in [0, 0.05) is 5.02 Å². The Hall–Kier alpha value is -1.42. The third-order valence-electron chi connectivity index (χ3n) is 1.85. The molecule has 0 spiro atoms. The second-order valence-electron chi connectivity index (χ2n) is 3.08. The van der Waals surface area contributed by atoms with Crippen LogP contribution >= 0.6 is 11.6 Å². The van der Waals surface area contributed by atoms with E-state index in [0.717, 1.165) is 11.0 Å². The third-order valence-corrected chi connectivity index (χ3v) is 2.08. The molecule has 1 aromatic carbocycles. The van der Waals surface area contributed by atoms with Crippen LogP contribution in [0.5, 0.6) is 0 Å². The van der Waals surface area contributed by atoms with Crippen molar-refractivity contribution in [1.29, 1.82) is 0 Å². The van der Waals surface area contributed by atoms with E-state index in [4.69, 9.17) is 11.6 Å². The summed E-state index contributed by atoms with van der Waals surface area (Å²) in [7, 11) is 0. The van der Waals surface area contributed by atoms with E-state index in [1.807, 2.05) is 0 Å². The summed E-state index contributed by atoms with van der Waals surface area (Å²) in [5, 5.41) is 8.39. The van der Waals surface area contributed by atoms with Gasteiger partial charge in [-0.25, -0.2) is 4.68 Å². The zero-order valence-corrected chi connectivity index (χ0v) is 8.32. The number of hydrogen-bond donors (Lipinski definition) is 0. The van der Waals surface area contributed by atoms with Crippen LogP contribution in [0.3, 0.4) is 0 Å². The smallest absolute Gasteiger partial charge is 0.151 e. The summed E-state index contributed by atoms with van der Waals surface area (Å²) < 4.78 is 1.55. The summed E-state index contributed by atoms with van der Waals surface area (Å²) in [5.41, 5.74) is 1.53. The van der Waals surface area contributed by atoms with Crippen molar-refractivity contribution in [2.24, 2.45) is 0 Å². The van der Waals surface area contributed by atoms with Gasteiger partial charge in [-0.15, -0.1) is 5.10 Å². The number of fused-ring (bicyclic) bond motifs is 1. The van der Waals surface area contributed by atoms with E-state index in [2.05, 4.69) is 10.3 Å². The second-order valence-corrected chi connectivity index (χ2v) is 3.52. The average molecular weight is 210 g/mol. The molecule has 0 atom stereocenters. The first-order valence-corrected chi connectivity index (χ1v) is 4.53. The molecule has 14 heavy (non-hydrogen) atoms. The van der Waals surface area contributed by atoms with Crippen molar-refractivity contribution >= 4 is 28.4 Å².